The number of amides is 1. The van der Waals surface area contributed by atoms with Crippen LogP contribution in [0, 0.1) is 0 Å². The monoisotopic (exact) mass is 280 g/mol. The lowest BCUT2D eigenvalue weighted by Crippen LogP contribution is -2.44. The van der Waals surface area contributed by atoms with Gasteiger partial charge in [0.1, 0.15) is 6.26 Å². The van der Waals surface area contributed by atoms with Gasteiger partial charge in [0.05, 0.1) is 5.56 Å². The molecular formula is C14H20N2O4. The maximum absolute atomic E-state index is 11.9. The van der Waals surface area contributed by atoms with Gasteiger partial charge in [-0.15, -0.1) is 0 Å². The molecule has 6 heteroatoms. The van der Waals surface area contributed by atoms with E-state index >= 15 is 0 Å². The number of carboxylic acids is 1. The molecule has 0 spiro atoms. The Morgan fingerprint density at radius 2 is 2.15 bits per heavy atom. The standard InChI is InChI=1S/C14H20N2O4/c1-2-5-16-6-3-11(4-7-16)15-13(17)12-8-10(9-20-12)14(18)19/h8-9,11H,2-7H2,1H3,(H,15,17)(H,18,19). The van der Waals surface area contributed by atoms with E-state index in [-0.39, 0.29) is 23.3 Å². The summed E-state index contributed by atoms with van der Waals surface area (Å²) in [5.41, 5.74) is -0.00656. The second kappa shape index (κ2) is 6.56. The van der Waals surface area contributed by atoms with E-state index in [1.807, 2.05) is 0 Å². The molecule has 0 aliphatic carbocycles. The number of likely N-dealkylation sites (tertiary alicyclic amines) is 1. The Bertz CT molecular complexity index is 475. The summed E-state index contributed by atoms with van der Waals surface area (Å²) in [4.78, 5) is 25.1. The Morgan fingerprint density at radius 3 is 2.70 bits per heavy atom. The summed E-state index contributed by atoms with van der Waals surface area (Å²) < 4.78 is 4.99. The Hall–Kier alpha value is -1.82. The zero-order chi connectivity index (χ0) is 14.5. The number of carbonyl (C=O) groups excluding carboxylic acids is 1. The van der Waals surface area contributed by atoms with Gasteiger partial charge in [-0.1, -0.05) is 6.92 Å². The van der Waals surface area contributed by atoms with Gasteiger partial charge in [-0.25, -0.2) is 4.79 Å². The van der Waals surface area contributed by atoms with Crippen LogP contribution in [-0.4, -0.2) is 47.6 Å². The molecule has 0 bridgehead atoms. The molecule has 0 saturated carbocycles. The van der Waals surface area contributed by atoms with Crippen LogP contribution in [0.2, 0.25) is 0 Å². The fourth-order valence-electron chi connectivity index (χ4n) is 2.44. The van der Waals surface area contributed by atoms with Crippen LogP contribution in [0.5, 0.6) is 0 Å². The molecule has 1 fully saturated rings. The molecule has 6 nitrogen and oxygen atoms in total. The number of hydrogen-bond acceptors (Lipinski definition) is 4. The van der Waals surface area contributed by atoms with Gasteiger partial charge in [0, 0.05) is 25.2 Å². The normalized spacial score (nSPS) is 17.1. The average molecular weight is 280 g/mol. The highest BCUT2D eigenvalue weighted by atomic mass is 16.4. The lowest BCUT2D eigenvalue weighted by Gasteiger charge is -2.31. The van der Waals surface area contributed by atoms with Crippen molar-refractivity contribution in [1.82, 2.24) is 10.2 Å². The van der Waals surface area contributed by atoms with Crippen LogP contribution in [0.1, 0.15) is 47.1 Å². The van der Waals surface area contributed by atoms with E-state index in [1.54, 1.807) is 0 Å². The van der Waals surface area contributed by atoms with Gasteiger partial charge in [0.15, 0.2) is 5.76 Å². The van der Waals surface area contributed by atoms with E-state index < -0.39 is 5.97 Å². The first-order valence-corrected chi connectivity index (χ1v) is 6.95. The highest BCUT2D eigenvalue weighted by Crippen LogP contribution is 2.13. The topological polar surface area (TPSA) is 82.8 Å². The first-order valence-electron chi connectivity index (χ1n) is 6.95. The van der Waals surface area contributed by atoms with Gasteiger partial charge in [-0.3, -0.25) is 4.79 Å². The third-order valence-corrected chi connectivity index (χ3v) is 3.53. The number of piperidine rings is 1. The summed E-state index contributed by atoms with van der Waals surface area (Å²) in [6.45, 7) is 5.22. The van der Waals surface area contributed by atoms with Crippen LogP contribution in [0.15, 0.2) is 16.7 Å². The maximum atomic E-state index is 11.9. The molecule has 0 radical (unpaired) electrons. The summed E-state index contributed by atoms with van der Waals surface area (Å²) in [6.07, 6.45) is 4.05. The van der Waals surface area contributed by atoms with Crippen molar-refractivity contribution >= 4 is 11.9 Å². The van der Waals surface area contributed by atoms with Crippen molar-refractivity contribution in [2.75, 3.05) is 19.6 Å². The Kier molecular flexibility index (Phi) is 4.79. The van der Waals surface area contributed by atoms with Crippen LogP contribution in [0.4, 0.5) is 0 Å². The summed E-state index contributed by atoms with van der Waals surface area (Å²) in [5, 5.41) is 11.7. The summed E-state index contributed by atoms with van der Waals surface area (Å²) in [5.74, 6) is -1.38. The Balaban J connectivity index is 1.84. The number of furan rings is 1. The maximum Gasteiger partial charge on any atom is 0.338 e. The van der Waals surface area contributed by atoms with E-state index in [1.165, 1.54) is 6.07 Å². The van der Waals surface area contributed by atoms with E-state index in [4.69, 9.17) is 9.52 Å². The Labute approximate surface area is 117 Å². The molecule has 0 atom stereocenters. The lowest BCUT2D eigenvalue weighted by molar-refractivity contribution is 0.0695. The molecule has 110 valence electrons. The number of rotatable bonds is 5. The fraction of sp³-hybridized carbons (Fsp3) is 0.571. The van der Waals surface area contributed by atoms with Gasteiger partial charge in [0.2, 0.25) is 0 Å². The SMILES string of the molecule is CCCN1CCC(NC(=O)c2cc(C(=O)O)co2)CC1. The first kappa shape index (κ1) is 14.6. The fourth-order valence-corrected chi connectivity index (χ4v) is 2.44. The van der Waals surface area contributed by atoms with Crippen LogP contribution in [0.25, 0.3) is 0 Å². The largest absolute Gasteiger partial charge is 0.478 e. The number of aromatic carboxylic acids is 1. The quantitative estimate of drug-likeness (QED) is 0.855. The molecule has 1 amide bonds. The summed E-state index contributed by atoms with van der Waals surface area (Å²) in [6, 6.07) is 1.39. The molecule has 0 aromatic carbocycles. The number of nitrogens with zero attached hydrogens (tertiary/aromatic N) is 1. The molecule has 2 rings (SSSR count). The summed E-state index contributed by atoms with van der Waals surface area (Å²) >= 11 is 0. The second-order valence-electron chi connectivity index (χ2n) is 5.09. The van der Waals surface area contributed by atoms with Gasteiger partial charge in [0.25, 0.3) is 5.91 Å². The molecule has 1 saturated heterocycles. The molecule has 2 N–H and O–H groups in total. The number of carbonyl (C=O) groups is 2. The van der Waals surface area contributed by atoms with E-state index in [9.17, 15) is 9.59 Å². The highest BCUT2D eigenvalue weighted by molar-refractivity contribution is 5.95. The predicted molar refractivity (Wildman–Crippen MR) is 72.9 cm³/mol. The van der Waals surface area contributed by atoms with E-state index in [0.717, 1.165) is 45.2 Å². The van der Waals surface area contributed by atoms with Gasteiger partial charge >= 0.3 is 5.97 Å². The molecule has 1 aliphatic heterocycles. The number of carboxylic acid groups (broad SMARTS) is 1. The lowest BCUT2D eigenvalue weighted by atomic mass is 10.0. The third kappa shape index (κ3) is 3.60. The average Bonchev–Trinajstić information content (AvgIpc) is 2.91. The van der Waals surface area contributed by atoms with Crippen molar-refractivity contribution in [3.8, 4) is 0 Å². The van der Waals surface area contributed by atoms with E-state index in [2.05, 4.69) is 17.1 Å². The van der Waals surface area contributed by atoms with Gasteiger partial charge in [-0.05, 0) is 25.8 Å². The third-order valence-electron chi connectivity index (χ3n) is 3.53. The molecular weight excluding hydrogens is 260 g/mol. The molecule has 1 aromatic heterocycles. The molecule has 20 heavy (non-hydrogen) atoms. The minimum atomic E-state index is -1.10. The second-order valence-corrected chi connectivity index (χ2v) is 5.09. The zero-order valence-corrected chi connectivity index (χ0v) is 11.6. The molecule has 1 aliphatic rings. The first-order chi connectivity index (χ1) is 9.60. The smallest absolute Gasteiger partial charge is 0.338 e. The van der Waals surface area contributed by atoms with Crippen LogP contribution >= 0.6 is 0 Å². The Morgan fingerprint density at radius 1 is 1.45 bits per heavy atom. The molecule has 1 aromatic rings. The van der Waals surface area contributed by atoms with Crippen LogP contribution in [-0.2, 0) is 0 Å². The highest BCUT2D eigenvalue weighted by Gasteiger charge is 2.22. The van der Waals surface area contributed by atoms with Crippen molar-refractivity contribution in [2.45, 2.75) is 32.2 Å². The van der Waals surface area contributed by atoms with Crippen molar-refractivity contribution < 1.29 is 19.1 Å². The van der Waals surface area contributed by atoms with Crippen LogP contribution < -0.4 is 5.32 Å². The predicted octanol–water partition coefficient (Wildman–Crippen LogP) is 1.58. The van der Waals surface area contributed by atoms with Crippen molar-refractivity contribution in [2.24, 2.45) is 0 Å². The van der Waals surface area contributed by atoms with Crippen molar-refractivity contribution in [3.63, 3.8) is 0 Å². The number of hydrogen-bond donors (Lipinski definition) is 2. The minimum Gasteiger partial charge on any atom is -0.478 e. The zero-order valence-electron chi connectivity index (χ0n) is 11.6. The van der Waals surface area contributed by atoms with E-state index in [0.29, 0.717) is 0 Å². The number of nitrogens with one attached hydrogen (secondary N) is 1. The minimum absolute atomic E-state index is 0.00656. The van der Waals surface area contributed by atoms with Gasteiger partial charge < -0.3 is 19.7 Å². The van der Waals surface area contributed by atoms with Crippen molar-refractivity contribution in [1.29, 1.82) is 0 Å². The van der Waals surface area contributed by atoms with Gasteiger partial charge in [-0.2, -0.15) is 0 Å². The molecule has 0 unspecified atom stereocenters. The summed E-state index contributed by atoms with van der Waals surface area (Å²) in [7, 11) is 0. The molecule has 2 heterocycles. The van der Waals surface area contributed by atoms with Crippen LogP contribution in [0.3, 0.4) is 0 Å². The van der Waals surface area contributed by atoms with Crippen molar-refractivity contribution in [3.05, 3.63) is 23.7 Å².